The van der Waals surface area contributed by atoms with Crippen molar-refractivity contribution < 1.29 is 28.8 Å². The molecule has 5 atom stereocenters. The van der Waals surface area contributed by atoms with Gasteiger partial charge in [-0.25, -0.2) is 0 Å². The Morgan fingerprint density at radius 2 is 0.982 bits per heavy atom. The molecule has 1 unspecified atom stereocenters. The molecule has 0 amide bonds. The molecule has 6 aromatic rings. The number of aliphatic hydroxyl groups excluding tert-OH is 1. The highest BCUT2D eigenvalue weighted by Crippen LogP contribution is 2.40. The van der Waals surface area contributed by atoms with Crippen LogP contribution in [0, 0.1) is 0 Å². The van der Waals surface area contributed by atoms with E-state index >= 15 is 0 Å². The van der Waals surface area contributed by atoms with Crippen molar-refractivity contribution in [2.24, 2.45) is 0 Å². The molecule has 0 bridgehead atoms. The number of benzene rings is 6. The van der Waals surface area contributed by atoms with Gasteiger partial charge in [0.15, 0.2) is 0 Å². The number of hydrogen-bond acceptors (Lipinski definition) is 6. The van der Waals surface area contributed by atoms with Crippen molar-refractivity contribution in [1.29, 1.82) is 0 Å². The molecule has 6 nitrogen and oxygen atoms in total. The summed E-state index contributed by atoms with van der Waals surface area (Å²) >= 11 is 6.90. The predicted molar refractivity (Wildman–Crippen MR) is 220 cm³/mol. The number of aliphatic hydroxyl groups is 1. The third-order valence-electron chi connectivity index (χ3n) is 10.1. The zero-order chi connectivity index (χ0) is 38.4. The first-order chi connectivity index (χ1) is 27.6. The quantitative estimate of drug-likeness (QED) is 0.0940. The summed E-state index contributed by atoms with van der Waals surface area (Å²) in [6.07, 6.45) is -1.40. The molecule has 1 fully saturated rings. The average molecular weight is 769 g/mol. The Morgan fingerprint density at radius 1 is 0.500 bits per heavy atom. The lowest BCUT2D eigenvalue weighted by molar-refractivity contribution is -0.275. The van der Waals surface area contributed by atoms with Crippen LogP contribution < -0.4 is 0 Å². The van der Waals surface area contributed by atoms with Gasteiger partial charge in [0.25, 0.3) is 0 Å². The second kappa shape index (κ2) is 20.5. The standard InChI is InChI=1S/C49H49ClO6/c50-44-26-25-42(30-43(44)29-37-23-21-36(22-24-37)27-28-51)46-48(54-33-40-17-9-3-10-18-40)49(55-34-41-19-11-4-12-20-41)47(53-32-39-15-7-2-8-16-39)45(56-46)35-52-31-38-13-5-1-6-14-38/h1-26,30,45-49,51H,27-29,31-35H2/t45-,46+,47?,48+,49+/m1/s1. The summed E-state index contributed by atoms with van der Waals surface area (Å²) in [5.74, 6) is 0. The first-order valence-corrected chi connectivity index (χ1v) is 19.7. The predicted octanol–water partition coefficient (Wildman–Crippen LogP) is 9.88. The highest BCUT2D eigenvalue weighted by atomic mass is 35.5. The van der Waals surface area contributed by atoms with Crippen molar-refractivity contribution in [1.82, 2.24) is 0 Å². The van der Waals surface area contributed by atoms with Gasteiger partial charge in [-0.1, -0.05) is 169 Å². The van der Waals surface area contributed by atoms with Gasteiger partial charge < -0.3 is 28.8 Å². The van der Waals surface area contributed by atoms with Gasteiger partial charge >= 0.3 is 0 Å². The smallest absolute Gasteiger partial charge is 0.117 e. The van der Waals surface area contributed by atoms with E-state index in [0.29, 0.717) is 44.3 Å². The lowest BCUT2D eigenvalue weighted by atomic mass is 9.89. The number of hydrogen-bond donors (Lipinski definition) is 1. The Kier molecular flexibility index (Phi) is 14.5. The molecule has 1 saturated heterocycles. The molecule has 0 spiro atoms. The van der Waals surface area contributed by atoms with Gasteiger partial charge in [-0.05, 0) is 63.4 Å². The lowest BCUT2D eigenvalue weighted by Gasteiger charge is -2.46. The van der Waals surface area contributed by atoms with Crippen LogP contribution >= 0.6 is 11.6 Å². The van der Waals surface area contributed by atoms with Crippen molar-refractivity contribution in [3.63, 3.8) is 0 Å². The molecule has 1 heterocycles. The number of halogens is 1. The summed E-state index contributed by atoms with van der Waals surface area (Å²) in [5, 5.41) is 10.1. The second-order valence-electron chi connectivity index (χ2n) is 14.2. The molecule has 0 radical (unpaired) electrons. The Balaban J connectivity index is 1.25. The van der Waals surface area contributed by atoms with Gasteiger partial charge in [0, 0.05) is 11.6 Å². The maximum absolute atomic E-state index is 9.40. The fourth-order valence-electron chi connectivity index (χ4n) is 7.14. The van der Waals surface area contributed by atoms with Crippen LogP contribution in [0.25, 0.3) is 0 Å². The van der Waals surface area contributed by atoms with E-state index in [-0.39, 0.29) is 13.2 Å². The molecule has 7 rings (SSSR count). The van der Waals surface area contributed by atoms with Crippen LogP contribution in [0.15, 0.2) is 164 Å². The van der Waals surface area contributed by atoms with Crippen LogP contribution in [0.5, 0.6) is 0 Å². The van der Waals surface area contributed by atoms with Crippen molar-refractivity contribution >= 4 is 11.6 Å². The van der Waals surface area contributed by atoms with E-state index < -0.39 is 30.5 Å². The van der Waals surface area contributed by atoms with Crippen LogP contribution in [0.2, 0.25) is 5.02 Å². The van der Waals surface area contributed by atoms with Gasteiger partial charge in [-0.3, -0.25) is 0 Å². The highest BCUT2D eigenvalue weighted by Gasteiger charge is 2.49. The van der Waals surface area contributed by atoms with Crippen molar-refractivity contribution in [3.05, 3.63) is 213 Å². The highest BCUT2D eigenvalue weighted by molar-refractivity contribution is 6.31. The Hall–Kier alpha value is -4.63. The van der Waals surface area contributed by atoms with E-state index in [9.17, 15) is 5.11 Å². The molecule has 0 saturated carbocycles. The molecular formula is C49H49ClO6. The monoisotopic (exact) mass is 768 g/mol. The van der Waals surface area contributed by atoms with Gasteiger partial charge in [-0.15, -0.1) is 0 Å². The molecule has 0 aromatic heterocycles. The summed E-state index contributed by atoms with van der Waals surface area (Å²) < 4.78 is 34.3. The van der Waals surface area contributed by atoms with E-state index in [1.54, 1.807) is 0 Å². The molecule has 7 heteroatoms. The van der Waals surface area contributed by atoms with Gasteiger partial charge in [0.1, 0.15) is 30.5 Å². The Bertz CT molecular complexity index is 2030. The third kappa shape index (κ3) is 11.0. The largest absolute Gasteiger partial charge is 0.396 e. The molecular weight excluding hydrogens is 720 g/mol. The van der Waals surface area contributed by atoms with Crippen LogP contribution in [-0.4, -0.2) is 42.7 Å². The van der Waals surface area contributed by atoms with Crippen LogP contribution in [-0.2, 0) is 63.0 Å². The van der Waals surface area contributed by atoms with Crippen molar-refractivity contribution in [3.8, 4) is 0 Å². The molecule has 1 N–H and O–H groups in total. The van der Waals surface area contributed by atoms with Crippen LogP contribution in [0.4, 0.5) is 0 Å². The van der Waals surface area contributed by atoms with Crippen molar-refractivity contribution in [2.75, 3.05) is 13.2 Å². The van der Waals surface area contributed by atoms with E-state index in [4.69, 9.17) is 35.3 Å². The first-order valence-electron chi connectivity index (χ1n) is 19.3. The first kappa shape index (κ1) is 39.6. The number of ether oxygens (including phenoxy) is 5. The van der Waals surface area contributed by atoms with E-state index in [2.05, 4.69) is 78.9 Å². The van der Waals surface area contributed by atoms with E-state index in [1.807, 2.05) is 84.9 Å². The lowest BCUT2D eigenvalue weighted by Crippen LogP contribution is -2.58. The molecule has 1 aliphatic heterocycles. The van der Waals surface area contributed by atoms with E-state index in [1.165, 1.54) is 0 Å². The van der Waals surface area contributed by atoms with Gasteiger partial charge in [0.05, 0.1) is 33.0 Å². The second-order valence-corrected chi connectivity index (χ2v) is 14.6. The summed E-state index contributed by atoms with van der Waals surface area (Å²) in [5.41, 5.74) is 8.35. The zero-order valence-electron chi connectivity index (χ0n) is 31.5. The fraction of sp³-hybridized carbons (Fsp3) is 0.265. The minimum atomic E-state index is -0.558. The minimum Gasteiger partial charge on any atom is -0.396 e. The van der Waals surface area contributed by atoms with Gasteiger partial charge in [0.2, 0.25) is 0 Å². The third-order valence-corrected chi connectivity index (χ3v) is 10.5. The maximum Gasteiger partial charge on any atom is 0.117 e. The average Bonchev–Trinajstić information content (AvgIpc) is 3.25. The van der Waals surface area contributed by atoms with Crippen LogP contribution in [0.3, 0.4) is 0 Å². The zero-order valence-corrected chi connectivity index (χ0v) is 32.3. The maximum atomic E-state index is 9.40. The molecule has 56 heavy (non-hydrogen) atoms. The molecule has 1 aliphatic rings. The normalized spacial score (nSPS) is 19.5. The van der Waals surface area contributed by atoms with E-state index in [0.717, 1.165) is 44.5 Å². The topological polar surface area (TPSA) is 66.4 Å². The summed E-state index contributed by atoms with van der Waals surface area (Å²) in [7, 11) is 0. The van der Waals surface area contributed by atoms with Gasteiger partial charge in [-0.2, -0.15) is 0 Å². The summed E-state index contributed by atoms with van der Waals surface area (Å²) in [6.45, 7) is 1.93. The summed E-state index contributed by atoms with van der Waals surface area (Å²) in [6, 6.07) is 55.1. The molecule has 6 aromatic carbocycles. The molecule has 288 valence electrons. The Labute approximate surface area is 335 Å². The minimum absolute atomic E-state index is 0.120. The Morgan fingerprint density at radius 3 is 1.52 bits per heavy atom. The van der Waals surface area contributed by atoms with Crippen LogP contribution in [0.1, 0.15) is 50.6 Å². The fourth-order valence-corrected chi connectivity index (χ4v) is 7.32. The SMILES string of the molecule is OCCc1ccc(Cc2cc([C@@H]3O[C@H](COCc4ccccc4)C(OCc4ccccc4)[C@H](OCc4ccccc4)[C@H]3OCc3ccccc3)ccc2Cl)cc1. The molecule has 0 aliphatic carbocycles. The van der Waals surface area contributed by atoms with Crippen molar-refractivity contribution in [2.45, 2.75) is 69.8 Å². The summed E-state index contributed by atoms with van der Waals surface area (Å²) in [4.78, 5) is 0. The number of rotatable bonds is 18.